The van der Waals surface area contributed by atoms with Crippen LogP contribution >= 0.6 is 0 Å². The van der Waals surface area contributed by atoms with Gasteiger partial charge in [-0.1, -0.05) is 6.07 Å². The Hall–Kier alpha value is -2.76. The van der Waals surface area contributed by atoms with E-state index in [1.54, 1.807) is 6.20 Å². The van der Waals surface area contributed by atoms with E-state index in [2.05, 4.69) is 32.0 Å². The maximum atomic E-state index is 4.89. The van der Waals surface area contributed by atoms with Gasteiger partial charge in [0.1, 0.15) is 23.3 Å². The maximum Gasteiger partial charge on any atom is 0.138 e. The predicted octanol–water partition coefficient (Wildman–Crippen LogP) is 3.02. The molecule has 122 valence electrons. The molecule has 4 rings (SSSR count). The Morgan fingerprint density at radius 3 is 2.71 bits per heavy atom. The molecule has 1 fully saturated rings. The van der Waals surface area contributed by atoms with Crippen molar-refractivity contribution >= 4 is 5.82 Å². The molecule has 3 aromatic heterocycles. The second kappa shape index (κ2) is 6.03. The van der Waals surface area contributed by atoms with Crippen LogP contribution in [0.5, 0.6) is 0 Å². The van der Waals surface area contributed by atoms with Crippen molar-refractivity contribution in [1.82, 2.24) is 24.5 Å². The highest BCUT2D eigenvalue weighted by atomic mass is 15.2. The second-order valence-corrected chi connectivity index (χ2v) is 6.08. The van der Waals surface area contributed by atoms with Gasteiger partial charge in [0.25, 0.3) is 0 Å². The highest BCUT2D eigenvalue weighted by Gasteiger charge is 2.28. The summed E-state index contributed by atoms with van der Waals surface area (Å²) in [4.78, 5) is 20.3. The normalized spacial score (nSPS) is 17.4. The van der Waals surface area contributed by atoms with Gasteiger partial charge in [0.05, 0.1) is 11.7 Å². The number of aromatic nitrogens is 5. The summed E-state index contributed by atoms with van der Waals surface area (Å²) in [6, 6.07) is 8.43. The number of hydrogen-bond donors (Lipinski definition) is 0. The fraction of sp³-hybridized carbons (Fsp3) is 0.333. The van der Waals surface area contributed by atoms with Crippen LogP contribution in [0.4, 0.5) is 5.82 Å². The van der Waals surface area contributed by atoms with Crippen LogP contribution in [0, 0.1) is 13.8 Å². The minimum atomic E-state index is 0.253. The van der Waals surface area contributed by atoms with Crippen molar-refractivity contribution in [1.29, 1.82) is 0 Å². The summed E-state index contributed by atoms with van der Waals surface area (Å²) in [5.74, 6) is 3.63. The Labute approximate surface area is 141 Å². The van der Waals surface area contributed by atoms with Gasteiger partial charge in [0, 0.05) is 25.1 Å². The molecule has 1 saturated heterocycles. The van der Waals surface area contributed by atoms with Gasteiger partial charge in [-0.3, -0.25) is 4.57 Å². The zero-order valence-electron chi connectivity index (χ0n) is 13.9. The number of anilines is 1. The van der Waals surface area contributed by atoms with E-state index in [-0.39, 0.29) is 6.04 Å². The Balaban J connectivity index is 1.69. The Morgan fingerprint density at radius 2 is 1.92 bits per heavy atom. The van der Waals surface area contributed by atoms with Crippen LogP contribution in [0.15, 0.2) is 42.9 Å². The smallest absolute Gasteiger partial charge is 0.138 e. The number of nitrogens with zero attached hydrogens (tertiary/aromatic N) is 6. The van der Waals surface area contributed by atoms with Crippen molar-refractivity contribution in [2.24, 2.45) is 0 Å². The molecule has 0 spiro atoms. The van der Waals surface area contributed by atoms with Gasteiger partial charge < -0.3 is 4.90 Å². The lowest BCUT2D eigenvalue weighted by Crippen LogP contribution is -2.24. The zero-order chi connectivity index (χ0) is 16.5. The van der Waals surface area contributed by atoms with E-state index >= 15 is 0 Å². The highest BCUT2D eigenvalue weighted by Crippen LogP contribution is 2.34. The van der Waals surface area contributed by atoms with Gasteiger partial charge in [0.2, 0.25) is 0 Å². The molecule has 6 nitrogen and oxygen atoms in total. The van der Waals surface area contributed by atoms with Gasteiger partial charge in [-0.2, -0.15) is 0 Å². The minimum absolute atomic E-state index is 0.253. The molecule has 3 aromatic rings. The molecular formula is C18H20N6. The molecule has 0 amide bonds. The third-order valence-corrected chi connectivity index (χ3v) is 4.48. The molecule has 0 bridgehead atoms. The molecule has 0 N–H and O–H groups in total. The van der Waals surface area contributed by atoms with Gasteiger partial charge in [-0.15, -0.1) is 0 Å². The quantitative estimate of drug-likeness (QED) is 0.742. The Bertz CT molecular complexity index is 856. The van der Waals surface area contributed by atoms with E-state index in [0.717, 1.165) is 48.4 Å². The third kappa shape index (κ3) is 2.64. The Kier molecular flexibility index (Phi) is 3.72. The standard InChI is InChI=1S/C18H20N6/c1-13-19-9-8-18(21-13)24-11-4-6-16(24)15-5-3-7-17(22-15)23-12-10-20-14(23)2/h3,5,7-10,12,16H,4,6,11H2,1-2H3/t16-/m1/s1. The highest BCUT2D eigenvalue weighted by molar-refractivity contribution is 5.43. The van der Waals surface area contributed by atoms with Crippen LogP contribution in [-0.4, -0.2) is 31.0 Å². The van der Waals surface area contributed by atoms with Crippen LogP contribution in [0.1, 0.15) is 36.2 Å². The molecule has 0 aliphatic carbocycles. The van der Waals surface area contributed by atoms with Crippen molar-refractivity contribution in [2.75, 3.05) is 11.4 Å². The fourth-order valence-corrected chi connectivity index (χ4v) is 3.33. The van der Waals surface area contributed by atoms with E-state index in [9.17, 15) is 0 Å². The first-order valence-corrected chi connectivity index (χ1v) is 8.26. The number of hydrogen-bond acceptors (Lipinski definition) is 5. The largest absolute Gasteiger partial charge is 0.348 e. The molecule has 1 atom stereocenters. The Morgan fingerprint density at radius 1 is 1.00 bits per heavy atom. The summed E-state index contributed by atoms with van der Waals surface area (Å²) >= 11 is 0. The molecule has 6 heteroatoms. The SMILES string of the molecule is Cc1nccc(N2CCC[C@@H]2c2cccc(-n3ccnc3C)n2)n1. The second-order valence-electron chi connectivity index (χ2n) is 6.08. The van der Waals surface area contributed by atoms with E-state index in [4.69, 9.17) is 4.98 Å². The summed E-state index contributed by atoms with van der Waals surface area (Å²) in [6.45, 7) is 4.91. The average molecular weight is 320 g/mol. The van der Waals surface area contributed by atoms with Crippen molar-refractivity contribution in [3.05, 3.63) is 60.2 Å². The first-order valence-electron chi connectivity index (χ1n) is 8.26. The van der Waals surface area contributed by atoms with Crippen molar-refractivity contribution < 1.29 is 0 Å². The predicted molar refractivity (Wildman–Crippen MR) is 92.2 cm³/mol. The number of aryl methyl sites for hydroxylation is 2. The number of pyridine rings is 1. The molecule has 0 radical (unpaired) electrons. The molecule has 1 aliphatic heterocycles. The van der Waals surface area contributed by atoms with Gasteiger partial charge in [0.15, 0.2) is 0 Å². The van der Waals surface area contributed by atoms with Crippen molar-refractivity contribution in [3.8, 4) is 5.82 Å². The molecule has 1 aliphatic rings. The molecule has 24 heavy (non-hydrogen) atoms. The molecular weight excluding hydrogens is 300 g/mol. The maximum absolute atomic E-state index is 4.89. The third-order valence-electron chi connectivity index (χ3n) is 4.48. The molecule has 0 saturated carbocycles. The van der Waals surface area contributed by atoms with E-state index in [1.807, 2.05) is 42.9 Å². The van der Waals surface area contributed by atoms with Crippen LogP contribution in [-0.2, 0) is 0 Å². The molecule has 0 aromatic carbocycles. The van der Waals surface area contributed by atoms with E-state index in [1.165, 1.54) is 0 Å². The minimum Gasteiger partial charge on any atom is -0.348 e. The van der Waals surface area contributed by atoms with Crippen molar-refractivity contribution in [2.45, 2.75) is 32.7 Å². The molecule has 4 heterocycles. The summed E-state index contributed by atoms with van der Waals surface area (Å²) in [7, 11) is 0. The lowest BCUT2D eigenvalue weighted by Gasteiger charge is -2.25. The topological polar surface area (TPSA) is 59.7 Å². The van der Waals surface area contributed by atoms with Crippen molar-refractivity contribution in [3.63, 3.8) is 0 Å². The van der Waals surface area contributed by atoms with Gasteiger partial charge in [-0.25, -0.2) is 19.9 Å². The first kappa shape index (κ1) is 14.8. The van der Waals surface area contributed by atoms with Gasteiger partial charge in [-0.05, 0) is 44.9 Å². The number of imidazole rings is 1. The summed E-state index contributed by atoms with van der Waals surface area (Å²) in [5, 5.41) is 0. The lowest BCUT2D eigenvalue weighted by atomic mass is 10.1. The van der Waals surface area contributed by atoms with Crippen LogP contribution in [0.25, 0.3) is 5.82 Å². The first-order chi connectivity index (χ1) is 11.7. The van der Waals surface area contributed by atoms with Crippen LogP contribution in [0.2, 0.25) is 0 Å². The number of rotatable bonds is 3. The lowest BCUT2D eigenvalue weighted by molar-refractivity contribution is 0.681. The fourth-order valence-electron chi connectivity index (χ4n) is 3.33. The van der Waals surface area contributed by atoms with E-state index < -0.39 is 0 Å². The summed E-state index contributed by atoms with van der Waals surface area (Å²) in [6.07, 6.45) is 7.80. The van der Waals surface area contributed by atoms with Crippen LogP contribution < -0.4 is 4.90 Å². The molecule has 0 unspecified atom stereocenters. The van der Waals surface area contributed by atoms with Gasteiger partial charge >= 0.3 is 0 Å². The summed E-state index contributed by atoms with van der Waals surface area (Å²) in [5.41, 5.74) is 1.08. The average Bonchev–Trinajstić information content (AvgIpc) is 3.24. The summed E-state index contributed by atoms with van der Waals surface area (Å²) < 4.78 is 2.01. The zero-order valence-corrected chi connectivity index (χ0v) is 13.9. The monoisotopic (exact) mass is 320 g/mol. The van der Waals surface area contributed by atoms with Crippen LogP contribution in [0.3, 0.4) is 0 Å². The van der Waals surface area contributed by atoms with E-state index in [0.29, 0.717) is 0 Å².